The summed E-state index contributed by atoms with van der Waals surface area (Å²) in [7, 11) is -3.65. The fraction of sp³-hybridized carbons (Fsp3) is 0.286. The van der Waals surface area contributed by atoms with Gasteiger partial charge in [0.2, 0.25) is 15.9 Å². The van der Waals surface area contributed by atoms with Crippen molar-refractivity contribution in [3.8, 4) is 0 Å². The fourth-order valence-electron chi connectivity index (χ4n) is 4.04. The number of nitrogens with zero attached hydrogens (tertiary/aromatic N) is 1. The zero-order chi connectivity index (χ0) is 19.9. The number of rotatable bonds is 4. The van der Waals surface area contributed by atoms with Gasteiger partial charge in [-0.2, -0.15) is 4.31 Å². The van der Waals surface area contributed by atoms with Gasteiger partial charge in [0.05, 0.1) is 10.9 Å². The first-order valence-electron chi connectivity index (χ1n) is 9.40. The highest BCUT2D eigenvalue weighted by molar-refractivity contribution is 7.89. The normalized spacial score (nSPS) is 17.4. The molecule has 0 saturated heterocycles. The molecule has 2 heterocycles. The molecule has 0 fully saturated rings. The minimum atomic E-state index is -3.65. The van der Waals surface area contributed by atoms with E-state index in [0.717, 1.165) is 11.2 Å². The van der Waals surface area contributed by atoms with E-state index in [4.69, 9.17) is 0 Å². The number of amides is 1. The van der Waals surface area contributed by atoms with Crippen molar-refractivity contribution in [1.82, 2.24) is 9.29 Å². The van der Waals surface area contributed by atoms with E-state index in [2.05, 4.69) is 16.4 Å². The Labute approximate surface area is 164 Å². The molecule has 1 atom stereocenters. The van der Waals surface area contributed by atoms with Crippen molar-refractivity contribution in [1.29, 1.82) is 0 Å². The second kappa shape index (κ2) is 7.07. The molecule has 28 heavy (non-hydrogen) atoms. The van der Waals surface area contributed by atoms with Gasteiger partial charge in [-0.25, -0.2) is 8.42 Å². The van der Waals surface area contributed by atoms with Crippen molar-refractivity contribution in [3.63, 3.8) is 0 Å². The third-order valence-electron chi connectivity index (χ3n) is 5.28. The highest BCUT2D eigenvalue weighted by atomic mass is 32.2. The van der Waals surface area contributed by atoms with Crippen molar-refractivity contribution in [3.05, 3.63) is 59.8 Å². The number of nitrogens with one attached hydrogen (secondary N) is 2. The molecule has 1 amide bonds. The van der Waals surface area contributed by atoms with Gasteiger partial charge in [-0.1, -0.05) is 25.1 Å². The molecule has 0 radical (unpaired) electrons. The number of aromatic amines is 1. The largest absolute Gasteiger partial charge is 0.357 e. The maximum absolute atomic E-state index is 13.3. The van der Waals surface area contributed by atoms with Crippen LogP contribution in [0.4, 0.5) is 5.69 Å². The Morgan fingerprint density at radius 2 is 1.89 bits per heavy atom. The number of benzene rings is 2. The van der Waals surface area contributed by atoms with Crippen LogP contribution < -0.4 is 5.32 Å². The Bertz CT molecular complexity index is 1130. The Kier molecular flexibility index (Phi) is 4.72. The molecule has 7 heteroatoms. The summed E-state index contributed by atoms with van der Waals surface area (Å²) in [5, 5.41) is 3.83. The summed E-state index contributed by atoms with van der Waals surface area (Å²) in [6.45, 7) is 3.87. The highest BCUT2D eigenvalue weighted by Crippen LogP contribution is 2.39. The van der Waals surface area contributed by atoms with Crippen LogP contribution in [0.3, 0.4) is 0 Å². The van der Waals surface area contributed by atoms with Crippen LogP contribution in [0.2, 0.25) is 0 Å². The smallest absolute Gasteiger partial charge is 0.243 e. The number of carbonyl (C=O) groups is 1. The Hall–Kier alpha value is -2.64. The number of para-hydroxylation sites is 1. The van der Waals surface area contributed by atoms with Crippen molar-refractivity contribution >= 4 is 32.5 Å². The first-order valence-corrected chi connectivity index (χ1v) is 10.8. The first kappa shape index (κ1) is 18.7. The van der Waals surface area contributed by atoms with E-state index in [1.54, 1.807) is 28.6 Å². The van der Waals surface area contributed by atoms with Gasteiger partial charge in [-0.05, 0) is 48.7 Å². The van der Waals surface area contributed by atoms with E-state index in [1.165, 1.54) is 17.9 Å². The predicted molar refractivity (Wildman–Crippen MR) is 110 cm³/mol. The van der Waals surface area contributed by atoms with Gasteiger partial charge in [0.25, 0.3) is 0 Å². The molecule has 0 bridgehead atoms. The van der Waals surface area contributed by atoms with Crippen molar-refractivity contribution in [2.24, 2.45) is 0 Å². The van der Waals surface area contributed by atoms with Crippen LogP contribution in [0.15, 0.2) is 53.4 Å². The van der Waals surface area contributed by atoms with Gasteiger partial charge >= 0.3 is 0 Å². The molecule has 3 aromatic rings. The fourth-order valence-corrected chi connectivity index (χ4v) is 5.71. The average Bonchev–Trinajstić information content (AvgIpc) is 3.06. The second-order valence-electron chi connectivity index (χ2n) is 7.06. The summed E-state index contributed by atoms with van der Waals surface area (Å²) in [5.41, 5.74) is 3.84. The topological polar surface area (TPSA) is 82.3 Å². The Morgan fingerprint density at radius 3 is 2.57 bits per heavy atom. The number of hydrogen-bond acceptors (Lipinski definition) is 3. The van der Waals surface area contributed by atoms with Crippen molar-refractivity contribution < 1.29 is 13.2 Å². The lowest BCUT2D eigenvalue weighted by atomic mass is 9.98. The van der Waals surface area contributed by atoms with E-state index >= 15 is 0 Å². The predicted octanol–water partition coefficient (Wildman–Crippen LogP) is 3.82. The SMILES string of the molecule is CCC1c2[nH]c3ccccc3c2CCN1S(=O)(=O)c1ccc(NC(C)=O)cc1. The minimum absolute atomic E-state index is 0.191. The summed E-state index contributed by atoms with van der Waals surface area (Å²) >= 11 is 0. The van der Waals surface area contributed by atoms with Gasteiger partial charge in [-0.3, -0.25) is 4.79 Å². The number of H-pyrrole nitrogens is 1. The van der Waals surface area contributed by atoms with Crippen LogP contribution in [-0.4, -0.2) is 30.2 Å². The standard InChI is InChI=1S/C21H23N3O3S/c1-3-20-21-18(17-6-4-5-7-19(17)23-21)12-13-24(20)28(26,27)16-10-8-15(9-11-16)22-14(2)25/h4-11,20,23H,3,12-13H2,1-2H3,(H,22,25). The molecule has 1 aliphatic heterocycles. The van der Waals surface area contributed by atoms with Crippen molar-refractivity contribution in [2.45, 2.75) is 37.6 Å². The summed E-state index contributed by atoms with van der Waals surface area (Å²) in [6, 6.07) is 14.2. The molecule has 1 unspecified atom stereocenters. The summed E-state index contributed by atoms with van der Waals surface area (Å²) < 4.78 is 28.3. The molecule has 0 spiro atoms. The van der Waals surface area contributed by atoms with Crippen LogP contribution >= 0.6 is 0 Å². The van der Waals surface area contributed by atoms with Crippen LogP contribution in [0.5, 0.6) is 0 Å². The van der Waals surface area contributed by atoms with E-state index in [1.807, 2.05) is 25.1 Å². The zero-order valence-corrected chi connectivity index (χ0v) is 16.7. The second-order valence-corrected chi connectivity index (χ2v) is 8.95. The Balaban J connectivity index is 1.70. The number of aromatic nitrogens is 1. The maximum Gasteiger partial charge on any atom is 0.243 e. The van der Waals surface area contributed by atoms with Gasteiger partial charge in [0.1, 0.15) is 0 Å². The van der Waals surface area contributed by atoms with Gasteiger partial charge < -0.3 is 10.3 Å². The first-order chi connectivity index (χ1) is 13.4. The van der Waals surface area contributed by atoms with E-state index in [-0.39, 0.29) is 16.8 Å². The highest BCUT2D eigenvalue weighted by Gasteiger charge is 2.37. The monoisotopic (exact) mass is 397 g/mol. The molecule has 1 aliphatic rings. The molecule has 2 aromatic carbocycles. The van der Waals surface area contributed by atoms with Gasteiger partial charge in [-0.15, -0.1) is 0 Å². The van der Waals surface area contributed by atoms with Crippen LogP contribution in [0.1, 0.15) is 37.6 Å². The lowest BCUT2D eigenvalue weighted by Crippen LogP contribution is -2.39. The molecular formula is C21H23N3O3S. The summed E-state index contributed by atoms with van der Waals surface area (Å²) in [6.07, 6.45) is 1.36. The molecule has 6 nitrogen and oxygen atoms in total. The zero-order valence-electron chi connectivity index (χ0n) is 15.9. The molecule has 1 aromatic heterocycles. The summed E-state index contributed by atoms with van der Waals surface area (Å²) in [5.74, 6) is -0.191. The minimum Gasteiger partial charge on any atom is -0.357 e. The lowest BCUT2D eigenvalue weighted by Gasteiger charge is -2.34. The molecule has 0 saturated carbocycles. The average molecular weight is 398 g/mol. The third-order valence-corrected chi connectivity index (χ3v) is 7.20. The molecular weight excluding hydrogens is 374 g/mol. The van der Waals surface area contributed by atoms with Crippen molar-refractivity contribution in [2.75, 3.05) is 11.9 Å². The molecule has 2 N–H and O–H groups in total. The Morgan fingerprint density at radius 1 is 1.18 bits per heavy atom. The lowest BCUT2D eigenvalue weighted by molar-refractivity contribution is -0.114. The maximum atomic E-state index is 13.3. The third kappa shape index (κ3) is 3.10. The van der Waals surface area contributed by atoms with Crippen LogP contribution in [0.25, 0.3) is 10.9 Å². The van der Waals surface area contributed by atoms with E-state index in [0.29, 0.717) is 25.1 Å². The summed E-state index contributed by atoms with van der Waals surface area (Å²) in [4.78, 5) is 14.9. The number of hydrogen-bond donors (Lipinski definition) is 2. The molecule has 146 valence electrons. The number of carbonyl (C=O) groups excluding carboxylic acids is 1. The molecule has 4 rings (SSSR count). The quantitative estimate of drug-likeness (QED) is 0.702. The number of anilines is 1. The van der Waals surface area contributed by atoms with Gasteiger partial charge in [0, 0.05) is 35.8 Å². The van der Waals surface area contributed by atoms with E-state index in [9.17, 15) is 13.2 Å². The van der Waals surface area contributed by atoms with Crippen LogP contribution in [0, 0.1) is 0 Å². The number of sulfonamides is 1. The van der Waals surface area contributed by atoms with Gasteiger partial charge in [0.15, 0.2) is 0 Å². The molecule has 0 aliphatic carbocycles. The van der Waals surface area contributed by atoms with Crippen LogP contribution in [-0.2, 0) is 21.2 Å². The van der Waals surface area contributed by atoms with E-state index < -0.39 is 10.0 Å². The number of fused-ring (bicyclic) bond motifs is 3.